The van der Waals surface area contributed by atoms with Gasteiger partial charge in [0.2, 0.25) is 0 Å². The Kier molecular flexibility index (Phi) is 2.28. The molecule has 1 N–H and O–H groups in total. The second-order valence-electron chi connectivity index (χ2n) is 2.06. The van der Waals surface area contributed by atoms with E-state index in [1.54, 1.807) is 0 Å². The van der Waals surface area contributed by atoms with Crippen LogP contribution in [0.4, 0.5) is 8.78 Å². The van der Waals surface area contributed by atoms with Gasteiger partial charge >= 0.3 is 0 Å². The monoisotopic (exact) mass is 192 g/mol. The van der Waals surface area contributed by atoms with E-state index >= 15 is 0 Å². The Morgan fingerprint density at radius 3 is 2.50 bits per heavy atom. The van der Waals surface area contributed by atoms with Gasteiger partial charge in [0.25, 0.3) is 5.24 Å². The highest BCUT2D eigenvalue weighted by atomic mass is 35.5. The number of halogens is 3. The third-order valence-electron chi connectivity index (χ3n) is 1.22. The summed E-state index contributed by atoms with van der Waals surface area (Å²) in [5.74, 6) is -3.20. The molecule has 0 fully saturated rings. The van der Waals surface area contributed by atoms with Crippen LogP contribution in [0.15, 0.2) is 12.1 Å². The molecule has 0 aliphatic heterocycles. The van der Waals surface area contributed by atoms with Gasteiger partial charge in [-0.15, -0.1) is 0 Å². The number of hydrogen-bond donors (Lipinski definition) is 1. The van der Waals surface area contributed by atoms with E-state index in [2.05, 4.69) is 0 Å². The molecule has 64 valence electrons. The smallest absolute Gasteiger partial charge is 0.255 e. The van der Waals surface area contributed by atoms with Crippen LogP contribution < -0.4 is 0 Å². The molecular weight excluding hydrogens is 190 g/mol. The van der Waals surface area contributed by atoms with Crippen LogP contribution in [0.2, 0.25) is 0 Å². The van der Waals surface area contributed by atoms with Crippen molar-refractivity contribution in [1.82, 2.24) is 0 Å². The summed E-state index contributed by atoms with van der Waals surface area (Å²) in [6.07, 6.45) is 0. The quantitative estimate of drug-likeness (QED) is 0.692. The number of aromatic hydroxyl groups is 1. The Hall–Kier alpha value is -1.16. The summed E-state index contributed by atoms with van der Waals surface area (Å²) >= 11 is 4.90. The molecular formula is C7H3ClF2O2. The molecule has 0 atom stereocenters. The Labute approximate surface area is 71.4 Å². The molecule has 1 rings (SSSR count). The Morgan fingerprint density at radius 1 is 1.42 bits per heavy atom. The first-order chi connectivity index (χ1) is 5.52. The zero-order valence-corrected chi connectivity index (χ0v) is 6.40. The van der Waals surface area contributed by atoms with Gasteiger partial charge < -0.3 is 5.11 Å². The maximum atomic E-state index is 12.6. The van der Waals surface area contributed by atoms with Crippen molar-refractivity contribution in [2.45, 2.75) is 0 Å². The van der Waals surface area contributed by atoms with Crippen LogP contribution in [0.1, 0.15) is 10.4 Å². The van der Waals surface area contributed by atoms with Crippen LogP contribution in [-0.2, 0) is 0 Å². The molecule has 0 heterocycles. The number of phenolic OH excluding ortho intramolecular Hbond substituents is 1. The second kappa shape index (κ2) is 3.06. The third kappa shape index (κ3) is 1.53. The van der Waals surface area contributed by atoms with Crippen molar-refractivity contribution in [3.8, 4) is 5.75 Å². The minimum atomic E-state index is -1.35. The molecule has 1 aromatic carbocycles. The maximum Gasteiger partial charge on any atom is 0.255 e. The first kappa shape index (κ1) is 8.93. The van der Waals surface area contributed by atoms with Crippen molar-refractivity contribution in [3.05, 3.63) is 29.3 Å². The summed E-state index contributed by atoms with van der Waals surface area (Å²) in [6, 6.07) is 1.31. The maximum absolute atomic E-state index is 12.6. The molecule has 0 spiro atoms. The van der Waals surface area contributed by atoms with Crippen molar-refractivity contribution in [2.24, 2.45) is 0 Å². The summed E-state index contributed by atoms with van der Waals surface area (Å²) in [5, 5.41) is 7.60. The zero-order valence-electron chi connectivity index (χ0n) is 5.64. The molecule has 0 unspecified atom stereocenters. The second-order valence-corrected chi connectivity index (χ2v) is 2.41. The lowest BCUT2D eigenvalue weighted by molar-refractivity contribution is 0.107. The van der Waals surface area contributed by atoms with Gasteiger partial charge in [0, 0.05) is 6.07 Å². The number of rotatable bonds is 1. The molecule has 0 aliphatic carbocycles. The van der Waals surface area contributed by atoms with Gasteiger partial charge in [-0.2, -0.15) is 0 Å². The van der Waals surface area contributed by atoms with Crippen LogP contribution in [0, 0.1) is 11.6 Å². The SMILES string of the molecule is O=C(Cl)c1cc(O)cc(F)c1F. The Balaban J connectivity index is 3.37. The molecule has 12 heavy (non-hydrogen) atoms. The zero-order chi connectivity index (χ0) is 9.30. The average molecular weight is 193 g/mol. The van der Waals surface area contributed by atoms with E-state index in [0.29, 0.717) is 6.07 Å². The lowest BCUT2D eigenvalue weighted by Crippen LogP contribution is -1.97. The van der Waals surface area contributed by atoms with E-state index < -0.39 is 28.2 Å². The van der Waals surface area contributed by atoms with E-state index in [9.17, 15) is 13.6 Å². The van der Waals surface area contributed by atoms with Crippen LogP contribution in [-0.4, -0.2) is 10.3 Å². The molecule has 0 aliphatic rings. The largest absolute Gasteiger partial charge is 0.508 e. The van der Waals surface area contributed by atoms with E-state index in [1.807, 2.05) is 0 Å². The van der Waals surface area contributed by atoms with Gasteiger partial charge in [-0.1, -0.05) is 0 Å². The van der Waals surface area contributed by atoms with Crippen molar-refractivity contribution < 1.29 is 18.7 Å². The third-order valence-corrected chi connectivity index (χ3v) is 1.43. The van der Waals surface area contributed by atoms with Crippen molar-refractivity contribution >= 4 is 16.8 Å². The van der Waals surface area contributed by atoms with Gasteiger partial charge in [-0.3, -0.25) is 4.79 Å². The molecule has 5 heteroatoms. The fourth-order valence-corrected chi connectivity index (χ4v) is 0.855. The number of carbonyl (C=O) groups is 1. The van der Waals surface area contributed by atoms with E-state index in [4.69, 9.17) is 16.7 Å². The van der Waals surface area contributed by atoms with Gasteiger partial charge in [0.05, 0.1) is 5.56 Å². The van der Waals surface area contributed by atoms with Crippen LogP contribution in [0.25, 0.3) is 0 Å². The fraction of sp³-hybridized carbons (Fsp3) is 0. The number of benzene rings is 1. The minimum absolute atomic E-state index is 0.544. The van der Waals surface area contributed by atoms with Gasteiger partial charge in [-0.05, 0) is 17.7 Å². The molecule has 0 radical (unpaired) electrons. The molecule has 0 saturated carbocycles. The molecule has 0 saturated heterocycles. The highest BCUT2D eigenvalue weighted by Crippen LogP contribution is 2.20. The van der Waals surface area contributed by atoms with E-state index in [0.717, 1.165) is 6.07 Å². The van der Waals surface area contributed by atoms with Crippen molar-refractivity contribution in [2.75, 3.05) is 0 Å². The fourth-order valence-electron chi connectivity index (χ4n) is 0.718. The van der Waals surface area contributed by atoms with Crippen LogP contribution in [0.3, 0.4) is 0 Å². The molecule has 0 amide bonds. The van der Waals surface area contributed by atoms with Gasteiger partial charge in [-0.25, -0.2) is 8.78 Å². The average Bonchev–Trinajstić information content (AvgIpc) is 1.96. The predicted octanol–water partition coefficient (Wildman–Crippen LogP) is 2.05. The van der Waals surface area contributed by atoms with Crippen molar-refractivity contribution in [3.63, 3.8) is 0 Å². The topological polar surface area (TPSA) is 37.3 Å². The standard InChI is InChI=1S/C7H3ClF2O2/c8-7(12)4-1-3(11)2-5(9)6(4)10/h1-2,11H. The van der Waals surface area contributed by atoms with E-state index in [-0.39, 0.29) is 0 Å². The first-order valence-corrected chi connectivity index (χ1v) is 3.28. The predicted molar refractivity (Wildman–Crippen MR) is 38.2 cm³/mol. The summed E-state index contributed by atoms with van der Waals surface area (Å²) in [7, 11) is 0. The first-order valence-electron chi connectivity index (χ1n) is 2.90. The van der Waals surface area contributed by atoms with E-state index in [1.165, 1.54) is 0 Å². The number of hydrogen-bond acceptors (Lipinski definition) is 2. The molecule has 0 aromatic heterocycles. The molecule has 0 bridgehead atoms. The summed E-state index contributed by atoms with van der Waals surface area (Å²) < 4.78 is 25.1. The van der Waals surface area contributed by atoms with Crippen molar-refractivity contribution in [1.29, 1.82) is 0 Å². The van der Waals surface area contributed by atoms with Crippen LogP contribution in [0.5, 0.6) is 5.75 Å². The lowest BCUT2D eigenvalue weighted by Gasteiger charge is -1.98. The summed E-state index contributed by atoms with van der Waals surface area (Å²) in [4.78, 5) is 10.4. The summed E-state index contributed by atoms with van der Waals surface area (Å²) in [6.45, 7) is 0. The lowest BCUT2D eigenvalue weighted by atomic mass is 10.2. The number of phenols is 1. The Bertz CT molecular complexity index is 338. The highest BCUT2D eigenvalue weighted by Gasteiger charge is 2.14. The number of carbonyl (C=O) groups excluding carboxylic acids is 1. The van der Waals surface area contributed by atoms with Gasteiger partial charge in [0.15, 0.2) is 11.6 Å². The van der Waals surface area contributed by atoms with Gasteiger partial charge in [0.1, 0.15) is 5.75 Å². The molecule has 2 nitrogen and oxygen atoms in total. The van der Waals surface area contributed by atoms with Crippen LogP contribution >= 0.6 is 11.6 Å². The highest BCUT2D eigenvalue weighted by molar-refractivity contribution is 6.67. The molecule has 1 aromatic rings. The summed E-state index contributed by atoms with van der Waals surface area (Å²) in [5.41, 5.74) is -0.672. The minimum Gasteiger partial charge on any atom is -0.508 e. The normalized spacial score (nSPS) is 9.92. The Morgan fingerprint density at radius 2 is 2.00 bits per heavy atom.